The van der Waals surface area contributed by atoms with Gasteiger partial charge < -0.3 is 10.1 Å². The molecule has 0 bridgehead atoms. The van der Waals surface area contributed by atoms with Crippen LogP contribution in [0.25, 0.3) is 6.08 Å². The number of ether oxygens (including phenoxy) is 1. The van der Waals surface area contributed by atoms with Crippen molar-refractivity contribution in [3.8, 4) is 11.5 Å². The molecule has 1 aromatic heterocycles. The lowest BCUT2D eigenvalue weighted by molar-refractivity contribution is -0.117. The van der Waals surface area contributed by atoms with E-state index < -0.39 is 0 Å². The molecule has 4 heteroatoms. The molecule has 4 nitrogen and oxygen atoms in total. The van der Waals surface area contributed by atoms with Gasteiger partial charge in [-0.3, -0.25) is 9.78 Å². The molecule has 3 aromatic rings. The van der Waals surface area contributed by atoms with E-state index in [1.165, 1.54) is 0 Å². The van der Waals surface area contributed by atoms with Crippen molar-refractivity contribution >= 4 is 12.0 Å². The topological polar surface area (TPSA) is 51.2 Å². The number of benzene rings is 2. The summed E-state index contributed by atoms with van der Waals surface area (Å²) in [5.41, 5.74) is 2.90. The predicted octanol–water partition coefficient (Wildman–Crippen LogP) is 5.07. The third kappa shape index (κ3) is 5.54. The quantitative estimate of drug-likeness (QED) is 0.626. The second-order valence-electron chi connectivity index (χ2n) is 6.28. The van der Waals surface area contributed by atoms with Crippen LogP contribution in [0.5, 0.6) is 11.5 Å². The van der Waals surface area contributed by atoms with Crippen molar-refractivity contribution in [2.24, 2.45) is 0 Å². The summed E-state index contributed by atoms with van der Waals surface area (Å²) in [6, 6.07) is 21.1. The van der Waals surface area contributed by atoms with E-state index in [1.807, 2.05) is 80.6 Å². The number of carbonyl (C=O) groups excluding carboxylic acids is 1. The Labute approximate surface area is 159 Å². The summed E-state index contributed by atoms with van der Waals surface area (Å²) in [6.45, 7) is 3.88. The van der Waals surface area contributed by atoms with Gasteiger partial charge in [0.15, 0.2) is 0 Å². The number of pyridine rings is 1. The van der Waals surface area contributed by atoms with E-state index in [2.05, 4.69) is 10.3 Å². The number of nitrogens with zero attached hydrogens (tertiary/aromatic N) is 1. The Morgan fingerprint density at radius 1 is 1.04 bits per heavy atom. The zero-order chi connectivity index (χ0) is 19.1. The lowest BCUT2D eigenvalue weighted by atomic mass is 10.1. The summed E-state index contributed by atoms with van der Waals surface area (Å²) in [7, 11) is 0. The van der Waals surface area contributed by atoms with Gasteiger partial charge >= 0.3 is 0 Å². The second kappa shape index (κ2) is 8.81. The standard InChI is InChI=1S/C23H22N2O2/c1-17-11-13-22(16-24-17)27-21-10-6-9-20(15-21)18(2)25-23(26)14-12-19-7-4-3-5-8-19/h3-16,18H,1-2H3,(H,25,26)/t18-/m1/s1. The highest BCUT2D eigenvalue weighted by Crippen LogP contribution is 2.24. The normalized spacial score (nSPS) is 11.9. The van der Waals surface area contributed by atoms with E-state index >= 15 is 0 Å². The van der Waals surface area contributed by atoms with E-state index in [1.54, 1.807) is 18.3 Å². The minimum atomic E-state index is -0.141. The Hall–Kier alpha value is -3.40. The molecular formula is C23H22N2O2. The zero-order valence-corrected chi connectivity index (χ0v) is 15.4. The number of hydrogen-bond donors (Lipinski definition) is 1. The maximum absolute atomic E-state index is 12.2. The van der Waals surface area contributed by atoms with Crippen LogP contribution in [0.3, 0.4) is 0 Å². The fourth-order valence-electron chi connectivity index (χ4n) is 2.58. The zero-order valence-electron chi connectivity index (χ0n) is 15.4. The molecule has 0 aliphatic heterocycles. The molecule has 0 aliphatic carbocycles. The SMILES string of the molecule is Cc1ccc(Oc2cccc([C@@H](C)NC(=O)C=Cc3ccccc3)c2)cn1. The molecule has 1 amide bonds. The molecule has 0 spiro atoms. The maximum atomic E-state index is 12.2. The van der Waals surface area contributed by atoms with Gasteiger partial charge in [-0.05, 0) is 55.3 Å². The minimum Gasteiger partial charge on any atom is -0.456 e. The van der Waals surface area contributed by atoms with Gasteiger partial charge in [0, 0.05) is 11.8 Å². The molecule has 3 rings (SSSR count). The summed E-state index contributed by atoms with van der Waals surface area (Å²) in [6.07, 6.45) is 5.04. The number of hydrogen-bond acceptors (Lipinski definition) is 3. The molecule has 1 atom stereocenters. The van der Waals surface area contributed by atoms with Crippen LogP contribution in [0, 0.1) is 6.92 Å². The number of carbonyl (C=O) groups is 1. The highest BCUT2D eigenvalue weighted by atomic mass is 16.5. The first-order valence-electron chi connectivity index (χ1n) is 8.84. The van der Waals surface area contributed by atoms with Crippen molar-refractivity contribution in [3.05, 3.63) is 95.8 Å². The van der Waals surface area contributed by atoms with Crippen molar-refractivity contribution in [2.75, 3.05) is 0 Å². The molecule has 0 radical (unpaired) electrons. The fourth-order valence-corrected chi connectivity index (χ4v) is 2.58. The first-order valence-corrected chi connectivity index (χ1v) is 8.84. The Balaban J connectivity index is 1.62. The van der Waals surface area contributed by atoms with Crippen molar-refractivity contribution in [3.63, 3.8) is 0 Å². The van der Waals surface area contributed by atoms with Crippen LogP contribution in [0.4, 0.5) is 0 Å². The number of nitrogens with one attached hydrogen (secondary N) is 1. The van der Waals surface area contributed by atoms with Gasteiger partial charge in [-0.15, -0.1) is 0 Å². The van der Waals surface area contributed by atoms with Crippen LogP contribution in [0.15, 0.2) is 79.0 Å². The molecule has 0 fully saturated rings. The third-order valence-corrected chi connectivity index (χ3v) is 4.06. The minimum absolute atomic E-state index is 0.139. The van der Waals surface area contributed by atoms with Crippen molar-refractivity contribution in [1.29, 1.82) is 0 Å². The van der Waals surface area contributed by atoms with Gasteiger partial charge in [0.25, 0.3) is 0 Å². The van der Waals surface area contributed by atoms with Gasteiger partial charge in [0.2, 0.25) is 5.91 Å². The average molecular weight is 358 g/mol. The number of amides is 1. The summed E-state index contributed by atoms with van der Waals surface area (Å²) in [4.78, 5) is 16.4. The first-order chi connectivity index (χ1) is 13.1. The summed E-state index contributed by atoms with van der Waals surface area (Å²) < 4.78 is 5.85. The van der Waals surface area contributed by atoms with Gasteiger partial charge in [-0.2, -0.15) is 0 Å². The summed E-state index contributed by atoms with van der Waals surface area (Å²) in [5.74, 6) is 1.25. The summed E-state index contributed by atoms with van der Waals surface area (Å²) in [5, 5.41) is 2.97. The number of aryl methyl sites for hydroxylation is 1. The molecule has 27 heavy (non-hydrogen) atoms. The van der Waals surface area contributed by atoms with Crippen LogP contribution in [0.1, 0.15) is 29.8 Å². The van der Waals surface area contributed by atoms with Crippen LogP contribution in [-0.2, 0) is 4.79 Å². The maximum Gasteiger partial charge on any atom is 0.244 e. The first kappa shape index (κ1) is 18.4. The molecule has 0 unspecified atom stereocenters. The predicted molar refractivity (Wildman–Crippen MR) is 108 cm³/mol. The molecule has 0 saturated heterocycles. The smallest absolute Gasteiger partial charge is 0.244 e. The van der Waals surface area contributed by atoms with E-state index in [9.17, 15) is 4.79 Å². The van der Waals surface area contributed by atoms with Crippen LogP contribution in [-0.4, -0.2) is 10.9 Å². The van der Waals surface area contributed by atoms with E-state index in [-0.39, 0.29) is 11.9 Å². The third-order valence-electron chi connectivity index (χ3n) is 4.06. The monoisotopic (exact) mass is 358 g/mol. The number of aromatic nitrogens is 1. The summed E-state index contributed by atoms with van der Waals surface area (Å²) >= 11 is 0. The largest absolute Gasteiger partial charge is 0.456 e. The van der Waals surface area contributed by atoms with Gasteiger partial charge in [-0.1, -0.05) is 42.5 Å². The fraction of sp³-hybridized carbons (Fsp3) is 0.130. The van der Waals surface area contributed by atoms with E-state index in [0.29, 0.717) is 11.5 Å². The second-order valence-corrected chi connectivity index (χ2v) is 6.28. The Bertz CT molecular complexity index is 919. The molecule has 2 aromatic carbocycles. The van der Waals surface area contributed by atoms with Crippen molar-refractivity contribution in [1.82, 2.24) is 10.3 Å². The van der Waals surface area contributed by atoms with Crippen LogP contribution >= 0.6 is 0 Å². The Kier molecular flexibility index (Phi) is 6.00. The Morgan fingerprint density at radius 3 is 2.59 bits per heavy atom. The molecular weight excluding hydrogens is 336 g/mol. The molecule has 1 heterocycles. The molecule has 136 valence electrons. The van der Waals surface area contributed by atoms with Crippen molar-refractivity contribution < 1.29 is 9.53 Å². The van der Waals surface area contributed by atoms with Crippen LogP contribution in [0.2, 0.25) is 0 Å². The molecule has 0 aliphatic rings. The highest BCUT2D eigenvalue weighted by Gasteiger charge is 2.09. The highest BCUT2D eigenvalue weighted by molar-refractivity contribution is 5.91. The van der Waals surface area contributed by atoms with E-state index in [0.717, 1.165) is 16.8 Å². The molecule has 0 saturated carbocycles. The van der Waals surface area contributed by atoms with Gasteiger partial charge in [-0.25, -0.2) is 0 Å². The Morgan fingerprint density at radius 2 is 1.85 bits per heavy atom. The lowest BCUT2D eigenvalue weighted by Crippen LogP contribution is -2.24. The molecule has 1 N–H and O–H groups in total. The van der Waals surface area contributed by atoms with Crippen LogP contribution < -0.4 is 10.1 Å². The lowest BCUT2D eigenvalue weighted by Gasteiger charge is -2.14. The average Bonchev–Trinajstić information content (AvgIpc) is 2.69. The number of rotatable bonds is 6. The van der Waals surface area contributed by atoms with E-state index in [4.69, 9.17) is 4.74 Å². The van der Waals surface area contributed by atoms with Gasteiger partial charge in [0.05, 0.1) is 12.2 Å². The van der Waals surface area contributed by atoms with Crippen molar-refractivity contribution in [2.45, 2.75) is 19.9 Å². The van der Waals surface area contributed by atoms with Gasteiger partial charge in [0.1, 0.15) is 11.5 Å².